The highest BCUT2D eigenvalue weighted by atomic mass is 19.1. The second-order valence-corrected chi connectivity index (χ2v) is 10.9. The molecule has 12 heteroatoms. The molecule has 4 aromatic rings. The van der Waals surface area contributed by atoms with Crippen molar-refractivity contribution in [2.75, 3.05) is 19.7 Å². The summed E-state index contributed by atoms with van der Waals surface area (Å²) in [4.78, 5) is 57.4. The van der Waals surface area contributed by atoms with Crippen LogP contribution in [0, 0.1) is 5.82 Å². The minimum absolute atomic E-state index is 0.0415. The Hall–Kier alpha value is -5.52. The van der Waals surface area contributed by atoms with Crippen molar-refractivity contribution in [3.63, 3.8) is 0 Å². The number of aromatic nitrogens is 2. The van der Waals surface area contributed by atoms with E-state index in [9.17, 15) is 23.6 Å². The first kappa shape index (κ1) is 29.5. The van der Waals surface area contributed by atoms with Crippen molar-refractivity contribution in [3.05, 3.63) is 113 Å². The number of nitrogens with one attached hydrogen (secondary N) is 2. The molecule has 2 aliphatic rings. The minimum Gasteiger partial charge on any atom is -0.488 e. The van der Waals surface area contributed by atoms with Crippen LogP contribution in [0.5, 0.6) is 11.5 Å². The van der Waals surface area contributed by atoms with Crippen molar-refractivity contribution in [2.24, 2.45) is 0 Å². The van der Waals surface area contributed by atoms with E-state index in [1.54, 1.807) is 59.8 Å². The number of fused-ring (bicyclic) bond motifs is 8. The summed E-state index contributed by atoms with van der Waals surface area (Å²) in [5, 5.41) is 5.72. The molecular weight excluding hydrogens is 581 g/mol. The number of hydrogen-bond acceptors (Lipinski definition) is 7. The number of amides is 3. The molecule has 4 heterocycles. The van der Waals surface area contributed by atoms with E-state index in [2.05, 4.69) is 15.6 Å². The topological polar surface area (TPSA) is 132 Å². The van der Waals surface area contributed by atoms with Crippen LogP contribution in [0.4, 0.5) is 4.39 Å². The van der Waals surface area contributed by atoms with Gasteiger partial charge in [0.15, 0.2) is 6.61 Å². The quantitative estimate of drug-likeness (QED) is 0.356. The van der Waals surface area contributed by atoms with E-state index in [0.29, 0.717) is 29.8 Å². The zero-order valence-electron chi connectivity index (χ0n) is 24.1. The first-order chi connectivity index (χ1) is 21.8. The van der Waals surface area contributed by atoms with Gasteiger partial charge < -0.3 is 29.6 Å². The first-order valence-electron chi connectivity index (χ1n) is 14.5. The lowest BCUT2D eigenvalue weighted by molar-refractivity contribution is -0.134. The summed E-state index contributed by atoms with van der Waals surface area (Å²) in [6.45, 7) is 0.0325. The predicted molar refractivity (Wildman–Crippen MR) is 161 cm³/mol. The smallest absolute Gasteiger partial charge is 0.258 e. The summed E-state index contributed by atoms with van der Waals surface area (Å²) < 4.78 is 27.9. The number of piperidine rings is 1. The predicted octanol–water partition coefficient (Wildman–Crippen LogP) is 2.54. The van der Waals surface area contributed by atoms with Gasteiger partial charge in [-0.25, -0.2) is 4.39 Å². The van der Waals surface area contributed by atoms with Gasteiger partial charge in [-0.2, -0.15) is 0 Å². The molecule has 6 rings (SSSR count). The molecule has 2 N–H and O–H groups in total. The molecule has 2 atom stereocenters. The molecule has 1 saturated heterocycles. The summed E-state index contributed by atoms with van der Waals surface area (Å²) in [6, 6.07) is 16.9. The normalized spacial score (nSPS) is 18.5. The Morgan fingerprint density at radius 3 is 2.69 bits per heavy atom. The fraction of sp³-hybridized carbons (Fsp3) is 0.242. The van der Waals surface area contributed by atoms with Crippen LogP contribution in [0.2, 0.25) is 0 Å². The number of hydrogen-bond donors (Lipinski definition) is 2. The van der Waals surface area contributed by atoms with Crippen molar-refractivity contribution >= 4 is 17.7 Å². The zero-order valence-corrected chi connectivity index (χ0v) is 24.1. The Kier molecular flexibility index (Phi) is 8.54. The third kappa shape index (κ3) is 7.18. The maximum Gasteiger partial charge on any atom is 0.258 e. The van der Waals surface area contributed by atoms with Crippen LogP contribution in [-0.2, 0) is 22.7 Å². The first-order valence-corrected chi connectivity index (χ1v) is 14.5. The number of carbonyl (C=O) groups excluding carboxylic acids is 3. The van der Waals surface area contributed by atoms with Gasteiger partial charge in [0.05, 0.1) is 11.6 Å². The van der Waals surface area contributed by atoms with Gasteiger partial charge in [0.1, 0.15) is 30.0 Å². The second-order valence-electron chi connectivity index (χ2n) is 10.9. The van der Waals surface area contributed by atoms with Crippen LogP contribution in [0.3, 0.4) is 0 Å². The fourth-order valence-electron chi connectivity index (χ4n) is 5.38. The number of rotatable bonds is 2. The van der Waals surface area contributed by atoms with Crippen molar-refractivity contribution in [1.82, 2.24) is 25.1 Å². The van der Waals surface area contributed by atoms with E-state index in [1.165, 1.54) is 29.0 Å². The molecule has 2 aliphatic heterocycles. The maximum atomic E-state index is 14.6. The third-order valence-corrected chi connectivity index (χ3v) is 7.67. The van der Waals surface area contributed by atoms with Crippen LogP contribution in [0.25, 0.3) is 11.1 Å². The Balaban J connectivity index is 1.31. The van der Waals surface area contributed by atoms with Gasteiger partial charge in [-0.3, -0.25) is 24.2 Å². The van der Waals surface area contributed by atoms with E-state index in [1.807, 2.05) is 6.07 Å². The number of nitrogens with zero attached hydrogens (tertiary/aromatic N) is 3. The third-order valence-electron chi connectivity index (χ3n) is 7.67. The summed E-state index contributed by atoms with van der Waals surface area (Å²) in [6.07, 6.45) is 4.30. The number of likely N-dealkylation sites (tertiary alicyclic amines) is 1. The molecule has 2 aromatic carbocycles. The molecule has 0 aliphatic carbocycles. The van der Waals surface area contributed by atoms with Crippen molar-refractivity contribution in [1.29, 1.82) is 0 Å². The Morgan fingerprint density at radius 1 is 0.956 bits per heavy atom. The molecule has 6 bridgehead atoms. The lowest BCUT2D eigenvalue weighted by atomic mass is 10.0. The molecule has 230 valence electrons. The van der Waals surface area contributed by atoms with Gasteiger partial charge in [0.2, 0.25) is 5.91 Å². The number of carbonyl (C=O) groups is 3. The summed E-state index contributed by atoms with van der Waals surface area (Å²) in [7, 11) is 0. The number of benzene rings is 2. The van der Waals surface area contributed by atoms with E-state index < -0.39 is 29.8 Å². The molecular formula is C33H30FN5O6. The van der Waals surface area contributed by atoms with E-state index in [-0.39, 0.29) is 49.0 Å². The van der Waals surface area contributed by atoms with Gasteiger partial charge in [0.25, 0.3) is 17.4 Å². The van der Waals surface area contributed by atoms with Crippen LogP contribution in [-0.4, -0.2) is 64.0 Å². The summed E-state index contributed by atoms with van der Waals surface area (Å²) >= 11 is 0. The van der Waals surface area contributed by atoms with Gasteiger partial charge in [-0.1, -0.05) is 18.2 Å². The molecule has 0 unspecified atom stereocenters. The van der Waals surface area contributed by atoms with E-state index in [4.69, 9.17) is 9.47 Å². The second kappa shape index (κ2) is 13.0. The van der Waals surface area contributed by atoms with Gasteiger partial charge in [0, 0.05) is 62.3 Å². The summed E-state index contributed by atoms with van der Waals surface area (Å²) in [5.41, 5.74) is 1.84. The molecule has 2 aromatic heterocycles. The van der Waals surface area contributed by atoms with Crippen LogP contribution in [0.15, 0.2) is 90.1 Å². The van der Waals surface area contributed by atoms with Crippen molar-refractivity contribution < 1.29 is 28.2 Å². The van der Waals surface area contributed by atoms with E-state index >= 15 is 0 Å². The highest BCUT2D eigenvalue weighted by Gasteiger charge is 2.34. The Bertz CT molecular complexity index is 1810. The average Bonchev–Trinajstić information content (AvgIpc) is 3.04. The molecule has 45 heavy (non-hydrogen) atoms. The van der Waals surface area contributed by atoms with Crippen LogP contribution < -0.4 is 25.7 Å². The minimum atomic E-state index is -0.684. The monoisotopic (exact) mass is 611 g/mol. The molecule has 11 nitrogen and oxygen atoms in total. The average molecular weight is 612 g/mol. The van der Waals surface area contributed by atoms with Crippen LogP contribution in [0.1, 0.15) is 22.3 Å². The van der Waals surface area contributed by atoms with Crippen molar-refractivity contribution in [2.45, 2.75) is 31.7 Å². The number of pyridine rings is 2. The van der Waals surface area contributed by atoms with Gasteiger partial charge in [-0.15, -0.1) is 0 Å². The zero-order chi connectivity index (χ0) is 31.3. The Morgan fingerprint density at radius 2 is 1.82 bits per heavy atom. The molecule has 3 amide bonds. The van der Waals surface area contributed by atoms with Gasteiger partial charge >= 0.3 is 0 Å². The highest BCUT2D eigenvalue weighted by molar-refractivity contribution is 5.95. The molecule has 0 radical (unpaired) electrons. The summed E-state index contributed by atoms with van der Waals surface area (Å²) in [5.74, 6) is -1.01. The standard InChI is InChI=1S/C33H30FN5O6/c34-25-10-21-11-27(14-25)45-29-7-9-39(32(42)19-38-8-2-1-6-31(38)41)18-28(29)37-33(43)24-12-23(16-35-17-24)22-4-3-5-26(13-22)44-20-30(40)36-15-21/h1-6,8,10-14,16-17,28-29H,7,9,15,18-20H2,(H,36,40)(H,37,43)/t28-,29+/m1/s1. The largest absolute Gasteiger partial charge is 0.488 e. The SMILES string of the molecule is O=C1COc2cccc(c2)-c2cncc(c2)C(=O)N[C@@H]2CN(C(=O)Cn3ccccc3=O)CC[C@@H]2Oc2cc(F)cc(c2)CN1. The molecule has 0 spiro atoms. The number of ether oxygens (including phenoxy) is 2. The number of halogens is 1. The Labute approximate surface area is 257 Å². The fourth-order valence-corrected chi connectivity index (χ4v) is 5.38. The van der Waals surface area contributed by atoms with E-state index in [0.717, 1.165) is 5.56 Å². The lowest BCUT2D eigenvalue weighted by Crippen LogP contribution is -2.58. The van der Waals surface area contributed by atoms with Gasteiger partial charge in [-0.05, 0) is 47.5 Å². The van der Waals surface area contributed by atoms with Crippen LogP contribution >= 0.6 is 0 Å². The highest BCUT2D eigenvalue weighted by Crippen LogP contribution is 2.26. The molecule has 1 fully saturated rings. The maximum absolute atomic E-state index is 14.6. The lowest BCUT2D eigenvalue weighted by Gasteiger charge is -2.39. The molecule has 0 saturated carbocycles. The van der Waals surface area contributed by atoms with Crippen molar-refractivity contribution in [3.8, 4) is 22.6 Å².